The normalized spacial score (nSPS) is 10.6. The van der Waals surface area contributed by atoms with Crippen molar-refractivity contribution in [3.63, 3.8) is 0 Å². The van der Waals surface area contributed by atoms with Gasteiger partial charge in [-0.05, 0) is 55.0 Å². The number of amides is 1. The number of ether oxygens (including phenoxy) is 3. The van der Waals surface area contributed by atoms with Crippen LogP contribution in [0.3, 0.4) is 0 Å². The van der Waals surface area contributed by atoms with Crippen LogP contribution in [-0.4, -0.2) is 24.1 Å². The summed E-state index contributed by atoms with van der Waals surface area (Å²) < 4.78 is 22.1. The molecule has 0 bridgehead atoms. The first-order valence-electron chi connectivity index (χ1n) is 10.9. The van der Waals surface area contributed by atoms with Crippen molar-refractivity contribution in [1.29, 1.82) is 0 Å². The number of rotatable bonds is 10. The Labute approximate surface area is 196 Å². The molecule has 2 aromatic heterocycles. The molecule has 8 nitrogen and oxygen atoms in total. The van der Waals surface area contributed by atoms with Crippen molar-refractivity contribution in [3.05, 3.63) is 88.9 Å². The van der Waals surface area contributed by atoms with Gasteiger partial charge in [0, 0.05) is 35.8 Å². The van der Waals surface area contributed by atoms with Crippen LogP contribution in [0.1, 0.15) is 18.9 Å². The van der Waals surface area contributed by atoms with E-state index in [-0.39, 0.29) is 19.1 Å². The first-order valence-corrected chi connectivity index (χ1v) is 10.9. The third kappa shape index (κ3) is 6.13. The molecule has 8 heteroatoms. The minimum Gasteiger partial charge on any atom is -0.494 e. The molecule has 0 radical (unpaired) electrons. The Morgan fingerprint density at radius 2 is 1.74 bits per heavy atom. The molecule has 0 aliphatic carbocycles. The summed E-state index contributed by atoms with van der Waals surface area (Å²) in [6.07, 6.45) is 2.56. The Bertz CT molecular complexity index is 1320. The standard InChI is InChI=1S/C26H24N2O6/c1-2-14-31-20-8-10-21(11-9-20)33-26-19(4-3-13-27-26)16-28-24(29)17-32-22-7-5-18-6-12-25(30)34-23(18)15-22/h3-13,15H,2,14,16-17H2,1H3,(H,28,29). The molecule has 1 amide bonds. The van der Waals surface area contributed by atoms with E-state index in [0.29, 0.717) is 29.6 Å². The zero-order valence-corrected chi connectivity index (χ0v) is 18.7. The average molecular weight is 460 g/mol. The van der Waals surface area contributed by atoms with Crippen LogP contribution in [0.4, 0.5) is 0 Å². The molecule has 0 saturated carbocycles. The Balaban J connectivity index is 1.32. The molecule has 0 fully saturated rings. The van der Waals surface area contributed by atoms with Gasteiger partial charge in [-0.25, -0.2) is 9.78 Å². The maximum atomic E-state index is 12.3. The van der Waals surface area contributed by atoms with Crippen molar-refractivity contribution in [2.75, 3.05) is 13.2 Å². The molecular weight excluding hydrogens is 436 g/mol. The molecule has 0 aliphatic heterocycles. The second-order valence-electron chi connectivity index (χ2n) is 7.41. The fourth-order valence-electron chi connectivity index (χ4n) is 3.11. The van der Waals surface area contributed by atoms with E-state index in [1.165, 1.54) is 6.07 Å². The fourth-order valence-corrected chi connectivity index (χ4v) is 3.11. The van der Waals surface area contributed by atoms with Gasteiger partial charge in [-0.15, -0.1) is 0 Å². The highest BCUT2D eigenvalue weighted by molar-refractivity contribution is 5.79. The van der Waals surface area contributed by atoms with Crippen LogP contribution in [0, 0.1) is 0 Å². The number of aromatic nitrogens is 1. The smallest absolute Gasteiger partial charge is 0.336 e. The molecule has 2 heterocycles. The molecule has 0 unspecified atom stereocenters. The number of hydrogen-bond acceptors (Lipinski definition) is 7. The van der Waals surface area contributed by atoms with Crippen molar-refractivity contribution >= 4 is 16.9 Å². The predicted octanol–water partition coefficient (Wildman–Crippen LogP) is 4.46. The van der Waals surface area contributed by atoms with Crippen LogP contribution in [0.5, 0.6) is 23.1 Å². The largest absolute Gasteiger partial charge is 0.494 e. The summed E-state index contributed by atoms with van der Waals surface area (Å²) in [6, 6.07) is 19.0. The van der Waals surface area contributed by atoms with Crippen LogP contribution in [0.25, 0.3) is 11.0 Å². The minimum atomic E-state index is -0.447. The van der Waals surface area contributed by atoms with Gasteiger partial charge in [-0.2, -0.15) is 0 Å². The van der Waals surface area contributed by atoms with Gasteiger partial charge in [0.05, 0.1) is 6.61 Å². The zero-order valence-electron chi connectivity index (χ0n) is 18.7. The first-order chi connectivity index (χ1) is 16.6. The number of carbonyl (C=O) groups is 1. The van der Waals surface area contributed by atoms with Crippen LogP contribution in [0.15, 0.2) is 82.1 Å². The van der Waals surface area contributed by atoms with E-state index in [4.69, 9.17) is 18.6 Å². The minimum absolute atomic E-state index is 0.196. The highest BCUT2D eigenvalue weighted by atomic mass is 16.5. The van der Waals surface area contributed by atoms with Gasteiger partial charge in [0.1, 0.15) is 22.8 Å². The summed E-state index contributed by atoms with van der Waals surface area (Å²) in [5.74, 6) is 1.89. The molecule has 174 valence electrons. The number of benzene rings is 2. The third-order valence-corrected chi connectivity index (χ3v) is 4.80. The third-order valence-electron chi connectivity index (χ3n) is 4.80. The Hall–Kier alpha value is -4.33. The van der Waals surface area contributed by atoms with Crippen molar-refractivity contribution in [2.45, 2.75) is 19.9 Å². The molecule has 2 aromatic carbocycles. The van der Waals surface area contributed by atoms with Gasteiger partial charge < -0.3 is 23.9 Å². The molecule has 34 heavy (non-hydrogen) atoms. The van der Waals surface area contributed by atoms with Crippen LogP contribution >= 0.6 is 0 Å². The lowest BCUT2D eigenvalue weighted by molar-refractivity contribution is -0.123. The van der Waals surface area contributed by atoms with Gasteiger partial charge in [-0.1, -0.05) is 13.0 Å². The van der Waals surface area contributed by atoms with E-state index >= 15 is 0 Å². The number of nitrogens with one attached hydrogen (secondary N) is 1. The number of nitrogens with zero attached hydrogens (tertiary/aromatic N) is 1. The topological polar surface area (TPSA) is 99.9 Å². The zero-order chi connectivity index (χ0) is 23.8. The van der Waals surface area contributed by atoms with Crippen LogP contribution < -0.4 is 25.2 Å². The molecule has 1 N–H and O–H groups in total. The second-order valence-corrected chi connectivity index (χ2v) is 7.41. The SMILES string of the molecule is CCCOc1ccc(Oc2ncccc2CNC(=O)COc2ccc3ccc(=O)oc3c2)cc1. The van der Waals surface area contributed by atoms with Gasteiger partial charge in [-0.3, -0.25) is 4.79 Å². The van der Waals surface area contributed by atoms with Gasteiger partial charge >= 0.3 is 5.63 Å². The quantitative estimate of drug-likeness (QED) is 0.349. The van der Waals surface area contributed by atoms with E-state index in [2.05, 4.69) is 17.2 Å². The predicted molar refractivity (Wildman–Crippen MR) is 126 cm³/mol. The average Bonchev–Trinajstić information content (AvgIpc) is 2.86. The van der Waals surface area contributed by atoms with Crippen molar-refractivity contribution < 1.29 is 23.4 Å². The lowest BCUT2D eigenvalue weighted by Gasteiger charge is -2.12. The van der Waals surface area contributed by atoms with Crippen LogP contribution in [0.2, 0.25) is 0 Å². The maximum Gasteiger partial charge on any atom is 0.336 e. The number of hydrogen-bond donors (Lipinski definition) is 1. The highest BCUT2D eigenvalue weighted by Gasteiger charge is 2.10. The molecule has 0 saturated heterocycles. The number of pyridine rings is 1. The summed E-state index contributed by atoms with van der Waals surface area (Å²) in [4.78, 5) is 28.0. The second kappa shape index (κ2) is 11.0. The molecule has 4 aromatic rings. The molecule has 0 atom stereocenters. The molecule has 0 spiro atoms. The monoisotopic (exact) mass is 460 g/mol. The van der Waals surface area contributed by atoms with Crippen molar-refractivity contribution in [2.24, 2.45) is 0 Å². The lowest BCUT2D eigenvalue weighted by Crippen LogP contribution is -2.28. The summed E-state index contributed by atoms with van der Waals surface area (Å²) >= 11 is 0. The molecule has 4 rings (SSSR count). The van der Waals surface area contributed by atoms with E-state index in [0.717, 1.165) is 23.1 Å². The summed E-state index contributed by atoms with van der Waals surface area (Å²) in [6.45, 7) is 2.73. The number of carbonyl (C=O) groups excluding carboxylic acids is 1. The van der Waals surface area contributed by atoms with Crippen molar-refractivity contribution in [3.8, 4) is 23.1 Å². The Morgan fingerprint density at radius 3 is 2.56 bits per heavy atom. The van der Waals surface area contributed by atoms with E-state index in [9.17, 15) is 9.59 Å². The lowest BCUT2D eigenvalue weighted by atomic mass is 10.2. The van der Waals surface area contributed by atoms with Gasteiger partial charge in [0.15, 0.2) is 6.61 Å². The molecular formula is C26H24N2O6. The van der Waals surface area contributed by atoms with Crippen LogP contribution in [-0.2, 0) is 11.3 Å². The Morgan fingerprint density at radius 1 is 0.971 bits per heavy atom. The van der Waals surface area contributed by atoms with E-state index < -0.39 is 5.63 Å². The van der Waals surface area contributed by atoms with Crippen molar-refractivity contribution in [1.82, 2.24) is 10.3 Å². The molecule has 0 aliphatic rings. The van der Waals surface area contributed by atoms with E-state index in [1.807, 2.05) is 30.3 Å². The van der Waals surface area contributed by atoms with E-state index in [1.54, 1.807) is 36.5 Å². The van der Waals surface area contributed by atoms with Gasteiger partial charge in [0.25, 0.3) is 5.91 Å². The maximum absolute atomic E-state index is 12.3. The summed E-state index contributed by atoms with van der Waals surface area (Å²) in [7, 11) is 0. The number of fused-ring (bicyclic) bond motifs is 1. The Kier molecular flexibility index (Phi) is 7.39. The first kappa shape index (κ1) is 22.8. The fraction of sp³-hybridized carbons (Fsp3) is 0.192. The summed E-state index contributed by atoms with van der Waals surface area (Å²) in [5, 5.41) is 3.56. The summed E-state index contributed by atoms with van der Waals surface area (Å²) in [5.41, 5.74) is 0.666. The van der Waals surface area contributed by atoms with Gasteiger partial charge in [0.2, 0.25) is 5.88 Å². The highest BCUT2D eigenvalue weighted by Crippen LogP contribution is 2.25.